The monoisotopic (exact) mass is 590 g/mol. The van der Waals surface area contributed by atoms with Gasteiger partial charge in [-0.3, -0.25) is 19.2 Å². The van der Waals surface area contributed by atoms with Gasteiger partial charge in [-0.05, 0) is 48.7 Å². The van der Waals surface area contributed by atoms with E-state index in [2.05, 4.69) is 50.2 Å². The van der Waals surface area contributed by atoms with Crippen LogP contribution in [0.3, 0.4) is 0 Å². The molecule has 2 aliphatic heterocycles. The van der Waals surface area contributed by atoms with Crippen LogP contribution in [0, 0.1) is 5.92 Å². The number of ether oxygens (including phenoxy) is 2. The van der Waals surface area contributed by atoms with Crippen molar-refractivity contribution in [3.05, 3.63) is 72.1 Å². The lowest BCUT2D eigenvalue weighted by Gasteiger charge is -2.30. The van der Waals surface area contributed by atoms with Gasteiger partial charge in [-0.25, -0.2) is 0 Å². The Bertz CT molecular complexity index is 1400. The van der Waals surface area contributed by atoms with Gasteiger partial charge in [0.1, 0.15) is 6.54 Å². The quantitative estimate of drug-likeness (QED) is 0.298. The average molecular weight is 591 g/mol. The number of carboxylic acid groups (broad SMARTS) is 1. The number of hydrogen-bond donors (Lipinski definition) is 1. The highest BCUT2D eigenvalue weighted by molar-refractivity contribution is 5.95. The number of likely N-dealkylation sites (tertiary alicyclic amines) is 1. The second-order valence-corrected chi connectivity index (χ2v) is 12.7. The first-order valence-electron chi connectivity index (χ1n) is 15.2. The predicted octanol–water partition coefficient (Wildman–Crippen LogP) is 4.21. The SMILES string of the molecule is CCCCN(C(=O)CN1CC(c2ccc3c(c2)OCO3)C(C(=O)O)C1CCn1cccn1)c1cccc(C[N+](C)(C)C)c1. The lowest BCUT2D eigenvalue weighted by molar-refractivity contribution is -0.884. The molecule has 1 fully saturated rings. The number of fused-ring (bicyclic) bond motifs is 1. The minimum atomic E-state index is -0.862. The highest BCUT2D eigenvalue weighted by Gasteiger charge is 2.47. The van der Waals surface area contributed by atoms with E-state index in [9.17, 15) is 14.7 Å². The number of carbonyl (C=O) groups excluding carboxylic acids is 1. The molecule has 0 spiro atoms. The first kappa shape index (κ1) is 30.6. The fraction of sp³-hybridized carbons (Fsp3) is 0.485. The molecule has 1 N–H and O–H groups in total. The van der Waals surface area contributed by atoms with Crippen molar-refractivity contribution in [2.24, 2.45) is 5.92 Å². The third-order valence-corrected chi connectivity index (χ3v) is 8.33. The number of anilines is 1. The number of aryl methyl sites for hydroxylation is 1. The number of unbranched alkanes of at least 4 members (excludes halogenated alkanes) is 1. The minimum Gasteiger partial charge on any atom is -0.481 e. The third kappa shape index (κ3) is 7.37. The van der Waals surface area contributed by atoms with Crippen molar-refractivity contribution in [3.63, 3.8) is 0 Å². The van der Waals surface area contributed by atoms with Gasteiger partial charge in [-0.15, -0.1) is 0 Å². The average Bonchev–Trinajstić information content (AvgIpc) is 3.71. The van der Waals surface area contributed by atoms with Crippen LogP contribution < -0.4 is 14.4 Å². The van der Waals surface area contributed by atoms with Crippen molar-refractivity contribution in [2.45, 2.75) is 51.2 Å². The second kappa shape index (κ2) is 13.2. The molecule has 230 valence electrons. The number of aliphatic carboxylic acids is 1. The molecular formula is C33H44N5O5+. The second-order valence-electron chi connectivity index (χ2n) is 12.7. The molecule has 0 saturated carbocycles. The van der Waals surface area contributed by atoms with Crippen molar-refractivity contribution in [3.8, 4) is 11.5 Å². The van der Waals surface area contributed by atoms with E-state index >= 15 is 0 Å². The number of hydrogen-bond acceptors (Lipinski definition) is 6. The summed E-state index contributed by atoms with van der Waals surface area (Å²) in [6.45, 7) is 4.89. The van der Waals surface area contributed by atoms with Crippen molar-refractivity contribution in [1.82, 2.24) is 14.7 Å². The lowest BCUT2D eigenvalue weighted by atomic mass is 9.84. The largest absolute Gasteiger partial charge is 0.481 e. The smallest absolute Gasteiger partial charge is 0.308 e. The van der Waals surface area contributed by atoms with Gasteiger partial charge in [-0.1, -0.05) is 31.5 Å². The number of amides is 1. The fourth-order valence-electron chi connectivity index (χ4n) is 6.37. The summed E-state index contributed by atoms with van der Waals surface area (Å²) in [4.78, 5) is 31.0. The molecule has 10 heteroatoms. The van der Waals surface area contributed by atoms with Crippen molar-refractivity contribution in [1.29, 1.82) is 0 Å². The standard InChI is InChI=1S/C33H43N5O5/c1-5-6-16-37(26-10-7-9-24(18-26)22-38(2,3)4)31(39)21-35-20-27(25-11-12-29-30(19-25)43-23-42-29)32(33(40)41)28(35)13-17-36-15-8-14-34-36/h7-12,14-15,18-19,27-28,32H,5-6,13,16-17,20-23H2,1-4H3/p+1. The van der Waals surface area contributed by atoms with Crippen molar-refractivity contribution < 1.29 is 28.7 Å². The molecular weight excluding hydrogens is 546 g/mol. The highest BCUT2D eigenvalue weighted by Crippen LogP contribution is 2.43. The molecule has 2 aromatic carbocycles. The number of quaternary nitrogens is 1. The maximum absolute atomic E-state index is 14.1. The Hall–Kier alpha value is -3.89. The normalized spacial score (nSPS) is 20.0. The van der Waals surface area contributed by atoms with Gasteiger partial charge >= 0.3 is 5.97 Å². The molecule has 1 amide bonds. The van der Waals surface area contributed by atoms with Crippen molar-refractivity contribution >= 4 is 17.6 Å². The molecule has 43 heavy (non-hydrogen) atoms. The van der Waals surface area contributed by atoms with Gasteiger partial charge in [0.15, 0.2) is 11.5 Å². The molecule has 2 aliphatic rings. The van der Waals surface area contributed by atoms with E-state index in [4.69, 9.17) is 9.47 Å². The lowest BCUT2D eigenvalue weighted by Crippen LogP contribution is -2.45. The summed E-state index contributed by atoms with van der Waals surface area (Å²) in [7, 11) is 6.45. The molecule has 3 atom stereocenters. The van der Waals surface area contributed by atoms with E-state index in [0.717, 1.165) is 35.1 Å². The van der Waals surface area contributed by atoms with E-state index in [-0.39, 0.29) is 31.2 Å². The summed E-state index contributed by atoms with van der Waals surface area (Å²) in [5.41, 5.74) is 2.94. The van der Waals surface area contributed by atoms with Crippen LogP contribution in [0.5, 0.6) is 11.5 Å². The molecule has 3 aromatic rings. The number of aromatic nitrogens is 2. The van der Waals surface area contributed by atoms with E-state index in [1.54, 1.807) is 6.20 Å². The van der Waals surface area contributed by atoms with Gasteiger partial charge in [-0.2, -0.15) is 5.10 Å². The zero-order chi connectivity index (χ0) is 30.6. The molecule has 0 aliphatic carbocycles. The predicted molar refractivity (Wildman–Crippen MR) is 164 cm³/mol. The molecule has 1 aromatic heterocycles. The zero-order valence-corrected chi connectivity index (χ0v) is 25.7. The molecule has 10 nitrogen and oxygen atoms in total. The Labute approximate surface area is 254 Å². The Kier molecular flexibility index (Phi) is 9.37. The van der Waals surface area contributed by atoms with E-state index < -0.39 is 11.9 Å². The number of benzene rings is 2. The van der Waals surface area contributed by atoms with Gasteiger partial charge < -0.3 is 24.0 Å². The zero-order valence-electron chi connectivity index (χ0n) is 25.7. The highest BCUT2D eigenvalue weighted by atomic mass is 16.7. The van der Waals surface area contributed by atoms with Crippen LogP contribution in [0.2, 0.25) is 0 Å². The number of nitrogens with zero attached hydrogens (tertiary/aromatic N) is 5. The Morgan fingerprint density at radius 1 is 1.09 bits per heavy atom. The summed E-state index contributed by atoms with van der Waals surface area (Å²) in [5, 5.41) is 14.9. The fourth-order valence-corrected chi connectivity index (χ4v) is 6.37. The van der Waals surface area contributed by atoms with Crippen LogP contribution >= 0.6 is 0 Å². The summed E-state index contributed by atoms with van der Waals surface area (Å²) in [6, 6.07) is 15.4. The number of carboxylic acids is 1. The maximum atomic E-state index is 14.1. The van der Waals surface area contributed by atoms with Crippen molar-refractivity contribution in [2.75, 3.05) is 52.5 Å². The van der Waals surface area contributed by atoms with Crippen LogP contribution in [0.15, 0.2) is 60.9 Å². The molecule has 1 saturated heterocycles. The van der Waals surface area contributed by atoms with Gasteiger partial charge in [0.2, 0.25) is 12.7 Å². The van der Waals surface area contributed by atoms with Crippen LogP contribution in [-0.2, 0) is 22.7 Å². The van der Waals surface area contributed by atoms with Gasteiger partial charge in [0, 0.05) is 55.2 Å². The topological polar surface area (TPSA) is 97.1 Å². The van der Waals surface area contributed by atoms with Crippen LogP contribution in [-0.4, -0.2) is 89.8 Å². The third-order valence-electron chi connectivity index (χ3n) is 8.33. The first-order chi connectivity index (χ1) is 20.6. The van der Waals surface area contributed by atoms with Gasteiger partial charge in [0.25, 0.3) is 0 Å². The maximum Gasteiger partial charge on any atom is 0.308 e. The van der Waals surface area contributed by atoms with Crippen LogP contribution in [0.4, 0.5) is 5.69 Å². The minimum absolute atomic E-state index is 0.0181. The van der Waals surface area contributed by atoms with E-state index in [0.29, 0.717) is 37.6 Å². The number of rotatable bonds is 13. The molecule has 3 heterocycles. The number of carbonyl (C=O) groups is 2. The summed E-state index contributed by atoms with van der Waals surface area (Å²) in [6.07, 6.45) is 6.00. The Morgan fingerprint density at radius 3 is 2.63 bits per heavy atom. The Morgan fingerprint density at radius 2 is 1.91 bits per heavy atom. The van der Waals surface area contributed by atoms with Crippen LogP contribution in [0.25, 0.3) is 0 Å². The van der Waals surface area contributed by atoms with Crippen LogP contribution in [0.1, 0.15) is 43.2 Å². The van der Waals surface area contributed by atoms with E-state index in [1.807, 2.05) is 52.2 Å². The molecule has 5 rings (SSSR count). The molecule has 3 unspecified atom stereocenters. The van der Waals surface area contributed by atoms with E-state index in [1.165, 1.54) is 5.56 Å². The summed E-state index contributed by atoms with van der Waals surface area (Å²) >= 11 is 0. The first-order valence-corrected chi connectivity index (χ1v) is 15.2. The summed E-state index contributed by atoms with van der Waals surface area (Å²) in [5.74, 6) is -0.590. The summed E-state index contributed by atoms with van der Waals surface area (Å²) < 4.78 is 13.7. The molecule has 0 bridgehead atoms. The molecule has 0 radical (unpaired) electrons. The Balaban J connectivity index is 1.43. The van der Waals surface area contributed by atoms with Gasteiger partial charge in [0.05, 0.1) is 33.6 Å².